The van der Waals surface area contributed by atoms with Crippen LogP contribution in [-0.2, 0) is 4.79 Å². The summed E-state index contributed by atoms with van der Waals surface area (Å²) in [6.07, 6.45) is 3.47. The van der Waals surface area contributed by atoms with Crippen molar-refractivity contribution in [3.63, 3.8) is 0 Å². The standard InChI is InChI=1S/C14H18N4O3/c1-8(2)6-11(14(20)21)17-13(19)10-7-15-18-5-4-9(3)16-12(10)18/h4-5,7-8,11H,6H2,1-3H3,(H,17,19)(H,20,21). The second kappa shape index (κ2) is 5.90. The molecule has 112 valence electrons. The van der Waals surface area contributed by atoms with Crippen LogP contribution in [0.2, 0.25) is 0 Å². The molecule has 0 bridgehead atoms. The minimum Gasteiger partial charge on any atom is -0.480 e. The first kappa shape index (κ1) is 15.0. The maximum absolute atomic E-state index is 12.3. The van der Waals surface area contributed by atoms with Crippen molar-refractivity contribution < 1.29 is 14.7 Å². The van der Waals surface area contributed by atoms with E-state index in [-0.39, 0.29) is 11.5 Å². The molecular formula is C14H18N4O3. The van der Waals surface area contributed by atoms with E-state index in [1.54, 1.807) is 12.3 Å². The van der Waals surface area contributed by atoms with Gasteiger partial charge in [-0.2, -0.15) is 5.10 Å². The lowest BCUT2D eigenvalue weighted by Crippen LogP contribution is -2.41. The van der Waals surface area contributed by atoms with Gasteiger partial charge in [0.1, 0.15) is 11.6 Å². The van der Waals surface area contributed by atoms with Crippen LogP contribution in [0.25, 0.3) is 5.65 Å². The number of aromatic nitrogens is 3. The minimum absolute atomic E-state index is 0.163. The number of amides is 1. The molecule has 0 aromatic carbocycles. The zero-order valence-corrected chi connectivity index (χ0v) is 12.2. The molecule has 21 heavy (non-hydrogen) atoms. The Balaban J connectivity index is 2.25. The highest BCUT2D eigenvalue weighted by molar-refractivity contribution is 6.01. The summed E-state index contributed by atoms with van der Waals surface area (Å²) in [5.74, 6) is -1.36. The fourth-order valence-electron chi connectivity index (χ4n) is 2.05. The Kier molecular flexibility index (Phi) is 4.21. The van der Waals surface area contributed by atoms with Gasteiger partial charge in [-0.25, -0.2) is 14.3 Å². The lowest BCUT2D eigenvalue weighted by molar-refractivity contribution is -0.139. The van der Waals surface area contributed by atoms with Gasteiger partial charge in [-0.1, -0.05) is 13.8 Å². The molecule has 0 fully saturated rings. The summed E-state index contributed by atoms with van der Waals surface area (Å²) in [7, 11) is 0. The minimum atomic E-state index is -1.04. The number of carbonyl (C=O) groups is 2. The van der Waals surface area contributed by atoms with E-state index in [1.807, 2.05) is 20.8 Å². The molecule has 1 amide bonds. The number of carboxylic acids is 1. The Hall–Kier alpha value is -2.44. The maximum Gasteiger partial charge on any atom is 0.326 e. The zero-order valence-electron chi connectivity index (χ0n) is 12.2. The second-order valence-corrected chi connectivity index (χ2v) is 5.39. The van der Waals surface area contributed by atoms with E-state index in [1.165, 1.54) is 10.7 Å². The van der Waals surface area contributed by atoms with Gasteiger partial charge >= 0.3 is 5.97 Å². The van der Waals surface area contributed by atoms with Crippen LogP contribution < -0.4 is 5.32 Å². The van der Waals surface area contributed by atoms with Crippen LogP contribution in [-0.4, -0.2) is 37.6 Å². The molecule has 0 saturated carbocycles. The molecule has 2 N–H and O–H groups in total. The predicted octanol–water partition coefficient (Wildman–Crippen LogP) is 1.27. The smallest absolute Gasteiger partial charge is 0.326 e. The lowest BCUT2D eigenvalue weighted by atomic mass is 10.0. The molecule has 2 heterocycles. The molecule has 0 spiro atoms. The molecule has 7 nitrogen and oxygen atoms in total. The van der Waals surface area contributed by atoms with Gasteiger partial charge in [0, 0.05) is 11.9 Å². The van der Waals surface area contributed by atoms with Crippen molar-refractivity contribution >= 4 is 17.5 Å². The lowest BCUT2D eigenvalue weighted by Gasteiger charge is -2.15. The number of nitrogens with zero attached hydrogens (tertiary/aromatic N) is 3. The highest BCUT2D eigenvalue weighted by Crippen LogP contribution is 2.11. The van der Waals surface area contributed by atoms with Gasteiger partial charge in [-0.05, 0) is 25.3 Å². The highest BCUT2D eigenvalue weighted by atomic mass is 16.4. The first-order valence-electron chi connectivity index (χ1n) is 6.73. The maximum atomic E-state index is 12.3. The Morgan fingerprint density at radius 3 is 2.76 bits per heavy atom. The number of nitrogens with one attached hydrogen (secondary N) is 1. The molecule has 0 aliphatic carbocycles. The third-order valence-electron chi connectivity index (χ3n) is 3.06. The van der Waals surface area contributed by atoms with E-state index in [9.17, 15) is 14.7 Å². The SMILES string of the molecule is Cc1ccn2ncc(C(=O)NC(CC(C)C)C(=O)O)c2n1. The number of carboxylic acid groups (broad SMARTS) is 1. The summed E-state index contributed by atoms with van der Waals surface area (Å²) in [6.45, 7) is 5.62. The third kappa shape index (κ3) is 3.36. The van der Waals surface area contributed by atoms with Crippen molar-refractivity contribution in [1.82, 2.24) is 19.9 Å². The van der Waals surface area contributed by atoms with Gasteiger partial charge in [-0.15, -0.1) is 0 Å². The van der Waals surface area contributed by atoms with E-state index < -0.39 is 17.9 Å². The summed E-state index contributed by atoms with van der Waals surface area (Å²) in [5, 5.41) is 15.7. The summed E-state index contributed by atoms with van der Waals surface area (Å²) in [4.78, 5) is 27.7. The van der Waals surface area contributed by atoms with E-state index in [0.717, 1.165) is 5.69 Å². The molecule has 0 aliphatic heterocycles. The molecular weight excluding hydrogens is 272 g/mol. The number of rotatable bonds is 5. The van der Waals surface area contributed by atoms with Gasteiger partial charge in [0.05, 0.1) is 6.20 Å². The average Bonchev–Trinajstić information content (AvgIpc) is 2.80. The molecule has 0 radical (unpaired) electrons. The van der Waals surface area contributed by atoms with Crippen LogP contribution in [0.4, 0.5) is 0 Å². The average molecular weight is 290 g/mol. The van der Waals surface area contributed by atoms with E-state index in [2.05, 4.69) is 15.4 Å². The Morgan fingerprint density at radius 2 is 2.14 bits per heavy atom. The number of fused-ring (bicyclic) bond motifs is 1. The van der Waals surface area contributed by atoms with Crippen LogP contribution in [0.5, 0.6) is 0 Å². The zero-order chi connectivity index (χ0) is 15.6. The van der Waals surface area contributed by atoms with Crippen molar-refractivity contribution in [1.29, 1.82) is 0 Å². The second-order valence-electron chi connectivity index (χ2n) is 5.39. The number of hydrogen-bond acceptors (Lipinski definition) is 4. The van der Waals surface area contributed by atoms with Gasteiger partial charge in [0.25, 0.3) is 5.91 Å². The van der Waals surface area contributed by atoms with Gasteiger partial charge in [0.2, 0.25) is 0 Å². The molecule has 2 aromatic heterocycles. The largest absolute Gasteiger partial charge is 0.480 e. The van der Waals surface area contributed by atoms with Crippen LogP contribution in [0.1, 0.15) is 36.3 Å². The number of aliphatic carboxylic acids is 1. The molecule has 0 saturated heterocycles. The Morgan fingerprint density at radius 1 is 1.43 bits per heavy atom. The molecule has 0 aliphatic rings. The third-order valence-corrected chi connectivity index (χ3v) is 3.06. The fraction of sp³-hybridized carbons (Fsp3) is 0.429. The van der Waals surface area contributed by atoms with Crippen LogP contribution in [0, 0.1) is 12.8 Å². The van der Waals surface area contributed by atoms with E-state index in [0.29, 0.717) is 12.1 Å². The molecule has 1 unspecified atom stereocenters. The van der Waals surface area contributed by atoms with E-state index in [4.69, 9.17) is 0 Å². The first-order valence-corrected chi connectivity index (χ1v) is 6.73. The highest BCUT2D eigenvalue weighted by Gasteiger charge is 2.23. The quantitative estimate of drug-likeness (QED) is 0.864. The number of aryl methyl sites for hydroxylation is 1. The number of hydrogen-bond donors (Lipinski definition) is 2. The fourth-order valence-corrected chi connectivity index (χ4v) is 2.05. The summed E-state index contributed by atoms with van der Waals surface area (Å²) < 4.78 is 1.49. The van der Waals surface area contributed by atoms with Crippen molar-refractivity contribution in [3.8, 4) is 0 Å². The summed E-state index contributed by atoms with van der Waals surface area (Å²) >= 11 is 0. The molecule has 2 aromatic rings. The van der Waals surface area contributed by atoms with Gasteiger partial charge < -0.3 is 10.4 Å². The van der Waals surface area contributed by atoms with Gasteiger partial charge in [0.15, 0.2) is 5.65 Å². The summed E-state index contributed by atoms with van der Waals surface area (Å²) in [6, 6.07) is 0.859. The van der Waals surface area contributed by atoms with Crippen molar-refractivity contribution in [2.75, 3.05) is 0 Å². The van der Waals surface area contributed by atoms with Crippen molar-refractivity contribution in [3.05, 3.63) is 29.7 Å². The normalized spacial score (nSPS) is 12.6. The molecule has 2 rings (SSSR count). The monoisotopic (exact) mass is 290 g/mol. The Bertz CT molecular complexity index is 678. The summed E-state index contributed by atoms with van der Waals surface area (Å²) in [5.41, 5.74) is 1.45. The van der Waals surface area contributed by atoms with Crippen LogP contribution in [0.15, 0.2) is 18.5 Å². The topological polar surface area (TPSA) is 96.6 Å². The van der Waals surface area contributed by atoms with Crippen LogP contribution in [0.3, 0.4) is 0 Å². The Labute approximate surface area is 122 Å². The van der Waals surface area contributed by atoms with Gasteiger partial charge in [-0.3, -0.25) is 4.79 Å². The predicted molar refractivity (Wildman–Crippen MR) is 76.1 cm³/mol. The van der Waals surface area contributed by atoms with E-state index >= 15 is 0 Å². The van der Waals surface area contributed by atoms with Crippen LogP contribution >= 0.6 is 0 Å². The first-order chi connectivity index (χ1) is 9.88. The molecule has 7 heteroatoms. The van der Waals surface area contributed by atoms with Crippen molar-refractivity contribution in [2.45, 2.75) is 33.2 Å². The van der Waals surface area contributed by atoms with Crippen molar-refractivity contribution in [2.24, 2.45) is 5.92 Å². The molecule has 1 atom stereocenters. The number of carbonyl (C=O) groups excluding carboxylic acids is 1.